The van der Waals surface area contributed by atoms with E-state index < -0.39 is 22.3 Å². The van der Waals surface area contributed by atoms with Crippen LogP contribution in [0.1, 0.15) is 18.4 Å². The summed E-state index contributed by atoms with van der Waals surface area (Å²) in [5, 5.41) is 11.7. The van der Waals surface area contributed by atoms with Gasteiger partial charge >= 0.3 is 0 Å². The Bertz CT molecular complexity index is 1030. The molecule has 0 aliphatic carbocycles. The Hall–Kier alpha value is -3.17. The molecule has 154 valence electrons. The molecule has 4 rings (SSSR count). The number of hydrogen-bond donors (Lipinski definition) is 1. The maximum Gasteiger partial charge on any atom is 0.270 e. The van der Waals surface area contributed by atoms with Crippen molar-refractivity contribution < 1.29 is 14.2 Å². The van der Waals surface area contributed by atoms with Crippen molar-refractivity contribution in [1.29, 1.82) is 0 Å². The van der Waals surface area contributed by atoms with E-state index in [-0.39, 0.29) is 6.10 Å². The number of amides is 1. The van der Waals surface area contributed by atoms with E-state index in [4.69, 9.17) is 10.6 Å². The van der Waals surface area contributed by atoms with Gasteiger partial charge in [0.2, 0.25) is 0 Å². The molecule has 2 aromatic carbocycles. The van der Waals surface area contributed by atoms with Gasteiger partial charge < -0.3 is 15.1 Å². The summed E-state index contributed by atoms with van der Waals surface area (Å²) in [6, 6.07) is 16.0. The van der Waals surface area contributed by atoms with E-state index >= 15 is 0 Å². The van der Waals surface area contributed by atoms with Crippen molar-refractivity contribution in [3.8, 4) is 16.8 Å². The van der Waals surface area contributed by atoms with Gasteiger partial charge in [0.15, 0.2) is 5.25 Å². The standard InChI is InChI=1S/C21H21N5O3S/c1-30(28)20(21(22)27)13-18-12-19(25-29-18)16-4-2-14(3-5-16)15-6-8-17(9-7-15)26-23-10-11-24-26/h2-11,18,20H,12-13H2,1H3,(H2,22,27). The van der Waals surface area contributed by atoms with Gasteiger partial charge in [-0.05, 0) is 40.0 Å². The van der Waals surface area contributed by atoms with Crippen molar-refractivity contribution in [2.24, 2.45) is 10.9 Å². The molecule has 0 saturated heterocycles. The Kier molecular flexibility index (Phi) is 5.82. The molecule has 0 fully saturated rings. The molecule has 2 heterocycles. The summed E-state index contributed by atoms with van der Waals surface area (Å²) < 4.78 is 11.7. The van der Waals surface area contributed by atoms with Gasteiger partial charge in [-0.3, -0.25) is 4.79 Å². The Morgan fingerprint density at radius 2 is 1.70 bits per heavy atom. The summed E-state index contributed by atoms with van der Waals surface area (Å²) in [5.74, 6) is -0.577. The Morgan fingerprint density at radius 1 is 1.13 bits per heavy atom. The van der Waals surface area contributed by atoms with Gasteiger partial charge in [-0.15, -0.1) is 0 Å². The van der Waals surface area contributed by atoms with Crippen molar-refractivity contribution in [3.63, 3.8) is 0 Å². The van der Waals surface area contributed by atoms with Crippen LogP contribution in [0.5, 0.6) is 0 Å². The van der Waals surface area contributed by atoms with Crippen LogP contribution in [0.15, 0.2) is 66.1 Å². The second-order valence-electron chi connectivity index (χ2n) is 7.04. The molecule has 9 heteroatoms. The first-order chi connectivity index (χ1) is 14.5. The van der Waals surface area contributed by atoms with Crippen LogP contribution in [0.4, 0.5) is 0 Å². The minimum absolute atomic E-state index is 0.293. The molecule has 0 bridgehead atoms. The molecule has 2 N–H and O–H groups in total. The van der Waals surface area contributed by atoms with Crippen molar-refractivity contribution in [1.82, 2.24) is 15.0 Å². The predicted molar refractivity (Wildman–Crippen MR) is 114 cm³/mol. The lowest BCUT2D eigenvalue weighted by molar-refractivity contribution is -0.118. The van der Waals surface area contributed by atoms with Gasteiger partial charge in [0.1, 0.15) is 6.10 Å². The molecule has 0 saturated carbocycles. The Morgan fingerprint density at radius 3 is 2.27 bits per heavy atom. The molecule has 30 heavy (non-hydrogen) atoms. The maximum atomic E-state index is 11.7. The zero-order valence-electron chi connectivity index (χ0n) is 16.3. The number of rotatable bonds is 7. The number of hydrogen-bond acceptors (Lipinski definition) is 6. The van der Waals surface area contributed by atoms with Crippen molar-refractivity contribution in [2.45, 2.75) is 24.2 Å². The van der Waals surface area contributed by atoms with Crippen molar-refractivity contribution >= 4 is 22.8 Å². The number of carbonyl (C=O) groups excluding carboxylic acids is 1. The van der Waals surface area contributed by atoms with Crippen LogP contribution in [-0.4, -0.2) is 48.8 Å². The molecule has 3 atom stereocenters. The van der Waals surface area contributed by atoms with Gasteiger partial charge in [-0.1, -0.05) is 41.6 Å². The van der Waals surface area contributed by atoms with Gasteiger partial charge in [0.05, 0.1) is 30.0 Å². The van der Waals surface area contributed by atoms with Crippen molar-refractivity contribution in [2.75, 3.05) is 6.26 Å². The molecule has 3 unspecified atom stereocenters. The van der Waals surface area contributed by atoms with E-state index in [1.165, 1.54) is 6.26 Å². The molecule has 1 aliphatic rings. The third-order valence-electron chi connectivity index (χ3n) is 5.00. The highest BCUT2D eigenvalue weighted by Gasteiger charge is 2.33. The molecule has 3 aromatic rings. The van der Waals surface area contributed by atoms with E-state index in [0.717, 1.165) is 28.1 Å². The Labute approximate surface area is 176 Å². The minimum atomic E-state index is -1.34. The summed E-state index contributed by atoms with van der Waals surface area (Å²) >= 11 is -1.34. The topological polar surface area (TPSA) is 118 Å². The van der Waals surface area contributed by atoms with E-state index in [0.29, 0.717) is 12.8 Å². The number of carbonyl (C=O) groups is 1. The average molecular weight is 423 g/mol. The van der Waals surface area contributed by atoms with Crippen LogP contribution >= 0.6 is 0 Å². The minimum Gasteiger partial charge on any atom is -0.616 e. The fraction of sp³-hybridized carbons (Fsp3) is 0.238. The van der Waals surface area contributed by atoms with Gasteiger partial charge in [-0.25, -0.2) is 0 Å². The average Bonchev–Trinajstić information content (AvgIpc) is 3.44. The first kappa shape index (κ1) is 20.1. The van der Waals surface area contributed by atoms with Crippen LogP contribution in [0, 0.1) is 0 Å². The largest absolute Gasteiger partial charge is 0.616 e. The van der Waals surface area contributed by atoms with E-state index in [9.17, 15) is 9.35 Å². The molecular formula is C21H21N5O3S. The number of nitrogens with two attached hydrogens (primary N) is 1. The monoisotopic (exact) mass is 423 g/mol. The lowest BCUT2D eigenvalue weighted by atomic mass is 9.99. The number of nitrogens with zero attached hydrogens (tertiary/aromatic N) is 4. The zero-order chi connectivity index (χ0) is 21.1. The third-order valence-corrected chi connectivity index (χ3v) is 6.22. The van der Waals surface area contributed by atoms with Crippen LogP contribution in [-0.2, 0) is 20.8 Å². The lowest BCUT2D eigenvalue weighted by Crippen LogP contribution is -2.38. The lowest BCUT2D eigenvalue weighted by Gasteiger charge is -2.17. The Balaban J connectivity index is 1.41. The second kappa shape index (κ2) is 8.68. The third kappa shape index (κ3) is 4.37. The van der Waals surface area contributed by atoms with Crippen LogP contribution in [0.2, 0.25) is 0 Å². The molecular weight excluding hydrogens is 402 g/mol. The summed E-state index contributed by atoms with van der Waals surface area (Å²) in [4.78, 5) is 18.5. The zero-order valence-corrected chi connectivity index (χ0v) is 17.2. The van der Waals surface area contributed by atoms with Crippen LogP contribution in [0.3, 0.4) is 0 Å². The first-order valence-electron chi connectivity index (χ1n) is 9.43. The maximum absolute atomic E-state index is 11.7. The molecule has 1 amide bonds. The number of aromatic nitrogens is 3. The van der Waals surface area contributed by atoms with Gasteiger partial charge in [-0.2, -0.15) is 15.0 Å². The molecule has 1 aromatic heterocycles. The van der Waals surface area contributed by atoms with Gasteiger partial charge in [0.25, 0.3) is 5.91 Å². The van der Waals surface area contributed by atoms with Crippen LogP contribution < -0.4 is 5.73 Å². The van der Waals surface area contributed by atoms with Crippen molar-refractivity contribution in [3.05, 3.63) is 66.5 Å². The SMILES string of the molecule is C[S+]([O-])C(CC1CC(c2ccc(-c3ccc(-n4nccn4)cc3)cc2)=NO1)C(N)=O. The summed E-state index contributed by atoms with van der Waals surface area (Å²) in [6.45, 7) is 0. The number of primary amides is 1. The summed E-state index contributed by atoms with van der Waals surface area (Å²) in [6.07, 6.45) is 5.30. The van der Waals surface area contributed by atoms with E-state index in [2.05, 4.69) is 15.4 Å². The molecule has 1 aliphatic heterocycles. The fourth-order valence-electron chi connectivity index (χ4n) is 3.37. The number of oxime groups is 1. The smallest absolute Gasteiger partial charge is 0.270 e. The predicted octanol–water partition coefficient (Wildman–Crippen LogP) is 2.05. The first-order valence-corrected chi connectivity index (χ1v) is 11.0. The normalized spacial score (nSPS) is 17.8. The summed E-state index contributed by atoms with van der Waals surface area (Å²) in [7, 11) is 0. The quantitative estimate of drug-likeness (QED) is 0.584. The highest BCUT2D eigenvalue weighted by molar-refractivity contribution is 7.92. The highest BCUT2D eigenvalue weighted by atomic mass is 32.2. The van der Waals surface area contributed by atoms with E-state index in [1.54, 1.807) is 17.2 Å². The summed E-state index contributed by atoms with van der Waals surface area (Å²) in [5.41, 5.74) is 10.1. The van der Waals surface area contributed by atoms with Gasteiger partial charge in [0, 0.05) is 12.8 Å². The molecule has 0 radical (unpaired) electrons. The molecule has 0 spiro atoms. The number of benzene rings is 2. The van der Waals surface area contributed by atoms with E-state index in [1.807, 2.05) is 48.5 Å². The fourth-order valence-corrected chi connectivity index (χ4v) is 4.18. The second-order valence-corrected chi connectivity index (χ2v) is 8.60. The molecule has 8 nitrogen and oxygen atoms in total. The van der Waals surface area contributed by atoms with Crippen LogP contribution in [0.25, 0.3) is 16.8 Å². The highest BCUT2D eigenvalue weighted by Crippen LogP contribution is 2.25.